The summed E-state index contributed by atoms with van der Waals surface area (Å²) in [5.41, 5.74) is 3.54. The van der Waals surface area contributed by atoms with Crippen molar-refractivity contribution in [2.45, 2.75) is 58.4 Å². The molecule has 1 aromatic carbocycles. The molecule has 1 N–H and O–H groups in total. The number of likely N-dealkylation sites (tertiary alicyclic amines) is 1. The van der Waals surface area contributed by atoms with E-state index in [4.69, 9.17) is 0 Å². The third-order valence-corrected chi connectivity index (χ3v) is 5.66. The number of hydrogen-bond donors (Lipinski definition) is 1. The highest BCUT2D eigenvalue weighted by Crippen LogP contribution is 2.25. The molecule has 1 saturated heterocycles. The number of benzene rings is 1. The Hall–Kier alpha value is -2.63. The first-order chi connectivity index (χ1) is 13.5. The van der Waals surface area contributed by atoms with Crippen LogP contribution < -0.4 is 0 Å². The Morgan fingerprint density at radius 3 is 2.39 bits per heavy atom. The Kier molecular flexibility index (Phi) is 6.49. The number of unbranched alkanes of at least 4 members (excludes halogenated alkanes) is 1. The fraction of sp³-hybridized carbons (Fsp3) is 0.500. The van der Waals surface area contributed by atoms with Crippen LogP contribution in [0.15, 0.2) is 30.5 Å². The van der Waals surface area contributed by atoms with E-state index in [0.29, 0.717) is 25.2 Å². The van der Waals surface area contributed by atoms with Gasteiger partial charge in [-0.1, -0.05) is 29.8 Å². The van der Waals surface area contributed by atoms with E-state index in [2.05, 4.69) is 36.3 Å². The second kappa shape index (κ2) is 9.04. The van der Waals surface area contributed by atoms with Gasteiger partial charge in [-0.25, -0.2) is 4.79 Å². The molecule has 1 aliphatic rings. The molecule has 0 atom stereocenters. The zero-order valence-electron chi connectivity index (χ0n) is 16.7. The molecule has 0 aliphatic carbocycles. The fourth-order valence-corrected chi connectivity index (χ4v) is 3.88. The molecule has 2 heterocycles. The van der Waals surface area contributed by atoms with E-state index in [1.165, 1.54) is 17.3 Å². The van der Waals surface area contributed by atoms with Crippen molar-refractivity contribution in [2.24, 2.45) is 0 Å². The first-order valence-electron chi connectivity index (χ1n) is 10.1. The molecule has 1 aromatic heterocycles. The Bertz CT molecular complexity index is 818. The van der Waals surface area contributed by atoms with Crippen LogP contribution in [0.5, 0.6) is 0 Å². The number of carboxylic acid groups (broad SMARTS) is 1. The van der Waals surface area contributed by atoms with E-state index in [1.807, 2.05) is 9.58 Å². The van der Waals surface area contributed by atoms with Crippen LogP contribution in [0.4, 0.5) is 0 Å². The number of rotatable bonds is 7. The Labute approximate surface area is 166 Å². The van der Waals surface area contributed by atoms with Gasteiger partial charge in [0.05, 0.1) is 17.9 Å². The lowest BCUT2D eigenvalue weighted by Gasteiger charge is -2.32. The Morgan fingerprint density at radius 2 is 1.79 bits per heavy atom. The minimum absolute atomic E-state index is 0.165. The smallest absolute Gasteiger partial charge is 0.339 e. The van der Waals surface area contributed by atoms with Crippen molar-refractivity contribution in [1.29, 1.82) is 0 Å². The van der Waals surface area contributed by atoms with E-state index < -0.39 is 5.97 Å². The molecule has 6 nitrogen and oxygen atoms in total. The van der Waals surface area contributed by atoms with Crippen molar-refractivity contribution in [3.05, 3.63) is 52.8 Å². The molecule has 0 bridgehead atoms. The molecule has 6 heteroatoms. The van der Waals surface area contributed by atoms with Crippen LogP contribution in [-0.4, -0.2) is 44.8 Å². The highest BCUT2D eigenvalue weighted by molar-refractivity contribution is 5.88. The van der Waals surface area contributed by atoms with Crippen molar-refractivity contribution in [3.63, 3.8) is 0 Å². The molecule has 28 heavy (non-hydrogen) atoms. The highest BCUT2D eigenvalue weighted by Gasteiger charge is 2.26. The predicted molar refractivity (Wildman–Crippen MR) is 108 cm³/mol. The molecule has 1 fully saturated rings. The monoisotopic (exact) mass is 383 g/mol. The SMILES string of the molecule is Cc1ccc(CCCCC(=O)N2CCC(n3ncc(C(=O)O)c3C)CC2)cc1. The van der Waals surface area contributed by atoms with Crippen LogP contribution >= 0.6 is 0 Å². The first kappa shape index (κ1) is 20.1. The second-order valence-electron chi connectivity index (χ2n) is 7.70. The summed E-state index contributed by atoms with van der Waals surface area (Å²) in [6.07, 6.45) is 6.60. The van der Waals surface area contributed by atoms with E-state index in [0.717, 1.165) is 32.1 Å². The molecule has 150 valence electrons. The molecule has 2 aromatic rings. The van der Waals surface area contributed by atoms with Crippen LogP contribution in [0, 0.1) is 13.8 Å². The van der Waals surface area contributed by atoms with Crippen LogP contribution in [0.2, 0.25) is 0 Å². The lowest BCUT2D eigenvalue weighted by molar-refractivity contribution is -0.132. The van der Waals surface area contributed by atoms with Crippen molar-refractivity contribution >= 4 is 11.9 Å². The van der Waals surface area contributed by atoms with Gasteiger partial charge in [-0.05, 0) is 51.5 Å². The molecule has 0 spiro atoms. The third kappa shape index (κ3) is 4.80. The van der Waals surface area contributed by atoms with Gasteiger partial charge in [0.2, 0.25) is 5.91 Å². The van der Waals surface area contributed by atoms with Crippen LogP contribution in [0.25, 0.3) is 0 Å². The standard InChI is InChI=1S/C22H29N3O3/c1-16-7-9-18(10-8-16)5-3-4-6-21(26)24-13-11-19(12-14-24)25-17(2)20(15-23-25)22(27)28/h7-10,15,19H,3-6,11-14H2,1-2H3,(H,27,28). The maximum atomic E-state index is 12.5. The largest absolute Gasteiger partial charge is 0.478 e. The summed E-state index contributed by atoms with van der Waals surface area (Å²) in [6, 6.07) is 8.75. The Morgan fingerprint density at radius 1 is 1.11 bits per heavy atom. The van der Waals surface area contributed by atoms with E-state index in [1.54, 1.807) is 6.92 Å². The number of carboxylic acids is 1. The topological polar surface area (TPSA) is 75.4 Å². The van der Waals surface area contributed by atoms with Gasteiger partial charge < -0.3 is 10.0 Å². The van der Waals surface area contributed by atoms with Gasteiger partial charge in [-0.3, -0.25) is 9.48 Å². The number of aromatic nitrogens is 2. The lowest BCUT2D eigenvalue weighted by Crippen LogP contribution is -2.39. The Balaban J connectivity index is 1.41. The van der Waals surface area contributed by atoms with Crippen LogP contribution in [0.3, 0.4) is 0 Å². The van der Waals surface area contributed by atoms with Crippen LogP contribution in [0.1, 0.15) is 65.3 Å². The van der Waals surface area contributed by atoms with E-state index >= 15 is 0 Å². The van der Waals surface area contributed by atoms with Gasteiger partial charge in [-0.15, -0.1) is 0 Å². The van der Waals surface area contributed by atoms with Gasteiger partial charge in [-0.2, -0.15) is 5.10 Å². The average molecular weight is 383 g/mol. The van der Waals surface area contributed by atoms with Gasteiger partial charge in [0.1, 0.15) is 5.56 Å². The van der Waals surface area contributed by atoms with Gasteiger partial charge in [0.25, 0.3) is 0 Å². The van der Waals surface area contributed by atoms with E-state index in [-0.39, 0.29) is 17.5 Å². The molecular formula is C22H29N3O3. The van der Waals surface area contributed by atoms with Crippen molar-refractivity contribution in [3.8, 4) is 0 Å². The quantitative estimate of drug-likeness (QED) is 0.739. The summed E-state index contributed by atoms with van der Waals surface area (Å²) < 4.78 is 1.81. The number of hydrogen-bond acceptors (Lipinski definition) is 3. The number of amides is 1. The fourth-order valence-electron chi connectivity index (χ4n) is 3.88. The maximum absolute atomic E-state index is 12.5. The second-order valence-corrected chi connectivity index (χ2v) is 7.70. The molecule has 1 aliphatic heterocycles. The molecular weight excluding hydrogens is 354 g/mol. The van der Waals surface area contributed by atoms with Gasteiger partial charge >= 0.3 is 5.97 Å². The minimum atomic E-state index is -0.943. The average Bonchev–Trinajstić information content (AvgIpc) is 3.08. The summed E-state index contributed by atoms with van der Waals surface area (Å²) >= 11 is 0. The van der Waals surface area contributed by atoms with Crippen molar-refractivity contribution in [2.75, 3.05) is 13.1 Å². The number of carbonyl (C=O) groups is 2. The highest BCUT2D eigenvalue weighted by atomic mass is 16.4. The van der Waals surface area contributed by atoms with Gasteiger partial charge in [0, 0.05) is 19.5 Å². The summed E-state index contributed by atoms with van der Waals surface area (Å²) in [5, 5.41) is 13.4. The first-order valence-corrected chi connectivity index (χ1v) is 10.1. The molecule has 3 rings (SSSR count). The van der Waals surface area contributed by atoms with Crippen LogP contribution in [-0.2, 0) is 11.2 Å². The number of nitrogens with zero attached hydrogens (tertiary/aromatic N) is 3. The molecule has 0 unspecified atom stereocenters. The zero-order chi connectivity index (χ0) is 20.1. The van der Waals surface area contributed by atoms with Crippen molar-refractivity contribution in [1.82, 2.24) is 14.7 Å². The summed E-state index contributed by atoms with van der Waals surface area (Å²) in [4.78, 5) is 25.6. The number of aromatic carboxylic acids is 1. The zero-order valence-corrected chi connectivity index (χ0v) is 16.7. The van der Waals surface area contributed by atoms with Crippen molar-refractivity contribution < 1.29 is 14.7 Å². The number of carbonyl (C=O) groups excluding carboxylic acids is 1. The van der Waals surface area contributed by atoms with Gasteiger partial charge in [0.15, 0.2) is 0 Å². The number of piperidine rings is 1. The molecule has 0 saturated carbocycles. The minimum Gasteiger partial charge on any atom is -0.478 e. The third-order valence-electron chi connectivity index (χ3n) is 5.66. The van der Waals surface area contributed by atoms with E-state index in [9.17, 15) is 14.7 Å². The summed E-state index contributed by atoms with van der Waals surface area (Å²) in [5.74, 6) is -0.715. The summed E-state index contributed by atoms with van der Waals surface area (Å²) in [6.45, 7) is 5.30. The summed E-state index contributed by atoms with van der Waals surface area (Å²) in [7, 11) is 0. The lowest BCUT2D eigenvalue weighted by atomic mass is 10.0. The predicted octanol–water partition coefficient (Wildman–Crippen LogP) is 3.77. The molecule has 1 amide bonds. The number of aryl methyl sites for hydroxylation is 2. The maximum Gasteiger partial charge on any atom is 0.339 e. The molecule has 0 radical (unpaired) electrons. The normalized spacial score (nSPS) is 15.0.